The number of ketones is 1. The molecular formula is C23H24ClN3O3S2. The fraction of sp³-hybridized carbons (Fsp3) is 0.304. The first-order chi connectivity index (χ1) is 15.4. The van der Waals surface area contributed by atoms with Gasteiger partial charge in [-0.05, 0) is 49.2 Å². The largest absolute Gasteiger partial charge is 0.354 e. The average Bonchev–Trinajstić information content (AvgIpc) is 3.10. The molecule has 1 N–H and O–H groups in total. The maximum absolute atomic E-state index is 12.9. The molecule has 1 fully saturated rings. The summed E-state index contributed by atoms with van der Waals surface area (Å²) in [5.74, 6) is -0.0542. The fourth-order valence-corrected chi connectivity index (χ4v) is 5.97. The molecule has 2 heterocycles. The quantitative estimate of drug-likeness (QED) is 0.454. The van der Waals surface area contributed by atoms with Crippen LogP contribution in [0, 0.1) is 0 Å². The molecule has 3 aromatic rings. The van der Waals surface area contributed by atoms with Crippen molar-refractivity contribution in [3.63, 3.8) is 0 Å². The normalized spacial score (nSPS) is 15.3. The second kappa shape index (κ2) is 10.1. The highest BCUT2D eigenvalue weighted by Crippen LogP contribution is 2.27. The average molecular weight is 490 g/mol. The Morgan fingerprint density at radius 1 is 1.00 bits per heavy atom. The monoisotopic (exact) mass is 489 g/mol. The van der Waals surface area contributed by atoms with Gasteiger partial charge in [-0.25, -0.2) is 13.4 Å². The number of anilines is 1. The number of aromatic nitrogens is 1. The maximum atomic E-state index is 12.9. The second-order valence-corrected chi connectivity index (χ2v) is 10.9. The molecule has 9 heteroatoms. The Balaban J connectivity index is 1.40. The van der Waals surface area contributed by atoms with E-state index in [0.29, 0.717) is 33.7 Å². The molecule has 0 bridgehead atoms. The first-order valence-corrected chi connectivity index (χ1v) is 13.2. The van der Waals surface area contributed by atoms with E-state index in [2.05, 4.69) is 10.3 Å². The molecule has 32 heavy (non-hydrogen) atoms. The number of thiazole rings is 1. The van der Waals surface area contributed by atoms with Gasteiger partial charge in [0.1, 0.15) is 0 Å². The molecule has 1 aliphatic heterocycles. The zero-order valence-electron chi connectivity index (χ0n) is 17.5. The van der Waals surface area contributed by atoms with Gasteiger partial charge in [0.15, 0.2) is 10.9 Å². The number of carbonyl (C=O) groups excluding carboxylic acids is 1. The van der Waals surface area contributed by atoms with E-state index < -0.39 is 10.0 Å². The molecule has 0 aliphatic carbocycles. The zero-order valence-corrected chi connectivity index (χ0v) is 19.8. The van der Waals surface area contributed by atoms with Gasteiger partial charge in [-0.15, -0.1) is 11.3 Å². The van der Waals surface area contributed by atoms with Crippen LogP contribution >= 0.6 is 22.9 Å². The molecule has 0 radical (unpaired) electrons. The smallest absolute Gasteiger partial charge is 0.243 e. The van der Waals surface area contributed by atoms with Crippen molar-refractivity contribution in [1.82, 2.24) is 9.29 Å². The summed E-state index contributed by atoms with van der Waals surface area (Å²) in [6.45, 7) is 1.29. The van der Waals surface area contributed by atoms with E-state index in [0.717, 1.165) is 36.9 Å². The van der Waals surface area contributed by atoms with Gasteiger partial charge in [0, 0.05) is 34.6 Å². The molecule has 1 aromatic heterocycles. The number of Topliss-reactive ketones (excluding diaryl/α,β-unsaturated/α-hetero) is 1. The molecule has 1 saturated heterocycles. The van der Waals surface area contributed by atoms with Crippen LogP contribution in [0.25, 0.3) is 11.3 Å². The molecule has 0 atom stereocenters. The van der Waals surface area contributed by atoms with Gasteiger partial charge < -0.3 is 5.32 Å². The number of carbonyl (C=O) groups is 1. The Labute approximate surface area is 197 Å². The van der Waals surface area contributed by atoms with E-state index in [1.165, 1.54) is 11.3 Å². The lowest BCUT2D eigenvalue weighted by molar-refractivity contribution is 0.101. The molecule has 168 valence electrons. The summed E-state index contributed by atoms with van der Waals surface area (Å²) in [7, 11) is -3.47. The van der Waals surface area contributed by atoms with Crippen molar-refractivity contribution >= 4 is 43.9 Å². The lowest BCUT2D eigenvalue weighted by atomic mass is 10.1. The number of rotatable bonds is 7. The number of hydrogen-bond acceptors (Lipinski definition) is 6. The second-order valence-electron chi connectivity index (χ2n) is 7.66. The lowest BCUT2D eigenvalue weighted by Crippen LogP contribution is -2.31. The Kier molecular flexibility index (Phi) is 7.25. The molecule has 4 rings (SSSR count). The van der Waals surface area contributed by atoms with E-state index in [1.54, 1.807) is 52.8 Å². The summed E-state index contributed by atoms with van der Waals surface area (Å²) in [6.07, 6.45) is 3.98. The van der Waals surface area contributed by atoms with Crippen molar-refractivity contribution in [3.8, 4) is 11.3 Å². The van der Waals surface area contributed by atoms with Crippen molar-refractivity contribution in [2.24, 2.45) is 0 Å². The third-order valence-corrected chi connectivity index (χ3v) is 8.39. The van der Waals surface area contributed by atoms with Crippen molar-refractivity contribution < 1.29 is 13.2 Å². The number of halogens is 1. The van der Waals surface area contributed by atoms with Crippen LogP contribution in [0.2, 0.25) is 5.02 Å². The summed E-state index contributed by atoms with van der Waals surface area (Å²) >= 11 is 7.26. The van der Waals surface area contributed by atoms with Gasteiger partial charge in [-0.3, -0.25) is 4.79 Å². The number of sulfonamides is 1. The SMILES string of the molecule is O=C(CNc1nc(-c2ccc(S(=O)(=O)N3CCCCCC3)cc2)cs1)c1ccc(Cl)cc1. The van der Waals surface area contributed by atoms with E-state index in [4.69, 9.17) is 11.6 Å². The standard InChI is InChI=1S/C23H24ClN3O3S2/c24-19-9-5-18(6-10-19)22(28)15-25-23-26-21(16-31-23)17-7-11-20(12-8-17)32(29,30)27-13-3-1-2-4-14-27/h5-12,16H,1-4,13-15H2,(H,25,26). The maximum Gasteiger partial charge on any atom is 0.243 e. The molecule has 1 aliphatic rings. The summed E-state index contributed by atoms with van der Waals surface area (Å²) < 4.78 is 27.5. The van der Waals surface area contributed by atoms with Crippen molar-refractivity contribution in [2.75, 3.05) is 25.0 Å². The van der Waals surface area contributed by atoms with Crippen LogP contribution in [-0.4, -0.2) is 43.1 Å². The Hall–Kier alpha value is -2.26. The summed E-state index contributed by atoms with van der Waals surface area (Å²) in [5, 5.41) is 6.15. The van der Waals surface area contributed by atoms with Gasteiger partial charge in [-0.1, -0.05) is 36.6 Å². The molecule has 0 unspecified atom stereocenters. The van der Waals surface area contributed by atoms with Crippen LogP contribution in [0.5, 0.6) is 0 Å². The van der Waals surface area contributed by atoms with Gasteiger partial charge in [0.05, 0.1) is 17.1 Å². The van der Waals surface area contributed by atoms with E-state index in [-0.39, 0.29) is 12.3 Å². The highest BCUT2D eigenvalue weighted by Gasteiger charge is 2.25. The minimum atomic E-state index is -3.47. The molecular weight excluding hydrogens is 466 g/mol. The topological polar surface area (TPSA) is 79.4 Å². The van der Waals surface area contributed by atoms with Crippen molar-refractivity contribution in [1.29, 1.82) is 0 Å². The summed E-state index contributed by atoms with van der Waals surface area (Å²) in [6, 6.07) is 13.6. The summed E-state index contributed by atoms with van der Waals surface area (Å²) in [4.78, 5) is 17.1. The zero-order chi connectivity index (χ0) is 22.6. The highest BCUT2D eigenvalue weighted by molar-refractivity contribution is 7.89. The van der Waals surface area contributed by atoms with Crippen molar-refractivity contribution in [2.45, 2.75) is 30.6 Å². The van der Waals surface area contributed by atoms with Crippen LogP contribution in [0.15, 0.2) is 58.8 Å². The number of benzene rings is 2. The Morgan fingerprint density at radius 2 is 1.66 bits per heavy atom. The molecule has 0 saturated carbocycles. The van der Waals surface area contributed by atoms with Gasteiger partial charge in [0.2, 0.25) is 10.0 Å². The fourth-order valence-electron chi connectivity index (χ4n) is 3.61. The van der Waals surface area contributed by atoms with Crippen LogP contribution in [0.1, 0.15) is 36.0 Å². The molecule has 0 spiro atoms. The first-order valence-electron chi connectivity index (χ1n) is 10.5. The van der Waals surface area contributed by atoms with Crippen LogP contribution in [0.3, 0.4) is 0 Å². The lowest BCUT2D eigenvalue weighted by Gasteiger charge is -2.19. The highest BCUT2D eigenvalue weighted by atomic mass is 35.5. The predicted molar refractivity (Wildman–Crippen MR) is 129 cm³/mol. The minimum absolute atomic E-state index is 0.0542. The van der Waals surface area contributed by atoms with E-state index in [9.17, 15) is 13.2 Å². The predicted octanol–water partition coefficient (Wildman–Crippen LogP) is 5.32. The Bertz CT molecular complexity index is 1170. The van der Waals surface area contributed by atoms with E-state index in [1.807, 2.05) is 5.38 Å². The van der Waals surface area contributed by atoms with Gasteiger partial charge in [0.25, 0.3) is 0 Å². The Morgan fingerprint density at radius 3 is 2.31 bits per heavy atom. The molecule has 6 nitrogen and oxygen atoms in total. The van der Waals surface area contributed by atoms with Crippen molar-refractivity contribution in [3.05, 3.63) is 64.5 Å². The van der Waals surface area contributed by atoms with Crippen LogP contribution < -0.4 is 5.32 Å². The van der Waals surface area contributed by atoms with Gasteiger partial charge >= 0.3 is 0 Å². The number of nitrogens with zero attached hydrogens (tertiary/aromatic N) is 2. The third kappa shape index (κ3) is 5.38. The number of nitrogens with one attached hydrogen (secondary N) is 1. The van der Waals surface area contributed by atoms with Crippen LogP contribution in [0.4, 0.5) is 5.13 Å². The van der Waals surface area contributed by atoms with Gasteiger partial charge in [-0.2, -0.15) is 4.31 Å². The number of hydrogen-bond donors (Lipinski definition) is 1. The minimum Gasteiger partial charge on any atom is -0.354 e. The first kappa shape index (κ1) is 22.9. The summed E-state index contributed by atoms with van der Waals surface area (Å²) in [5.41, 5.74) is 2.14. The van der Waals surface area contributed by atoms with E-state index >= 15 is 0 Å². The van der Waals surface area contributed by atoms with Crippen LogP contribution in [-0.2, 0) is 10.0 Å². The molecule has 2 aromatic carbocycles. The third-order valence-electron chi connectivity index (χ3n) is 5.42. The molecule has 0 amide bonds.